The summed E-state index contributed by atoms with van der Waals surface area (Å²) in [6, 6.07) is 0. The molecule has 3 unspecified atom stereocenters. The fourth-order valence-corrected chi connectivity index (χ4v) is 2.57. The molecule has 0 spiro atoms. The van der Waals surface area contributed by atoms with E-state index in [9.17, 15) is 14.7 Å². The first-order valence-electron chi connectivity index (χ1n) is 6.61. The maximum absolute atomic E-state index is 12.0. The summed E-state index contributed by atoms with van der Waals surface area (Å²) in [6.45, 7) is 3.40. The monoisotopic (exact) mass is 256 g/mol. The molecule has 0 radical (unpaired) electrons. The van der Waals surface area contributed by atoms with E-state index in [-0.39, 0.29) is 11.8 Å². The summed E-state index contributed by atoms with van der Waals surface area (Å²) >= 11 is 0. The molecule has 1 aliphatic rings. The van der Waals surface area contributed by atoms with Crippen LogP contribution in [0.15, 0.2) is 0 Å². The van der Waals surface area contributed by atoms with Gasteiger partial charge < -0.3 is 15.3 Å². The minimum atomic E-state index is -0.835. The molecular weight excluding hydrogens is 232 g/mol. The predicted molar refractivity (Wildman–Crippen MR) is 69.2 cm³/mol. The molecule has 0 aromatic heterocycles. The summed E-state index contributed by atoms with van der Waals surface area (Å²) in [5, 5.41) is 12.0. The summed E-state index contributed by atoms with van der Waals surface area (Å²) in [5.74, 6) is -1.42. The fraction of sp³-hybridized carbons (Fsp3) is 0.846. The Balaban J connectivity index is 2.51. The maximum Gasteiger partial charge on any atom is 0.307 e. The fourth-order valence-electron chi connectivity index (χ4n) is 2.57. The third kappa shape index (κ3) is 3.98. The highest BCUT2D eigenvalue weighted by Crippen LogP contribution is 2.38. The van der Waals surface area contributed by atoms with E-state index in [0.29, 0.717) is 25.3 Å². The maximum atomic E-state index is 12.0. The Morgan fingerprint density at radius 3 is 2.39 bits per heavy atom. The first-order valence-corrected chi connectivity index (χ1v) is 6.61. The number of carbonyl (C=O) groups is 2. The van der Waals surface area contributed by atoms with Crippen molar-refractivity contribution in [1.82, 2.24) is 10.2 Å². The van der Waals surface area contributed by atoms with Gasteiger partial charge >= 0.3 is 5.97 Å². The molecule has 5 heteroatoms. The molecule has 1 rings (SSSR count). The molecule has 5 nitrogen and oxygen atoms in total. The van der Waals surface area contributed by atoms with Crippen LogP contribution in [0, 0.1) is 17.8 Å². The normalized spacial score (nSPS) is 27.4. The van der Waals surface area contributed by atoms with Crippen molar-refractivity contribution >= 4 is 11.9 Å². The molecule has 0 aromatic carbocycles. The molecule has 2 N–H and O–H groups in total. The number of rotatable bonds is 6. The molecule has 1 saturated carbocycles. The molecule has 0 heterocycles. The number of nitrogens with zero attached hydrogens (tertiary/aromatic N) is 1. The van der Waals surface area contributed by atoms with Crippen LogP contribution >= 0.6 is 0 Å². The molecule has 1 aliphatic carbocycles. The summed E-state index contributed by atoms with van der Waals surface area (Å²) in [5.41, 5.74) is 0. The highest BCUT2D eigenvalue weighted by molar-refractivity contribution is 5.85. The number of aliphatic carboxylic acids is 1. The first-order chi connectivity index (χ1) is 8.45. The van der Waals surface area contributed by atoms with Crippen LogP contribution in [0.3, 0.4) is 0 Å². The quantitative estimate of drug-likeness (QED) is 0.737. The second kappa shape index (κ2) is 6.73. The van der Waals surface area contributed by atoms with Crippen molar-refractivity contribution in [3.8, 4) is 0 Å². The number of likely N-dealkylation sites (N-methyl/N-ethyl adjacent to an activating group) is 1. The number of nitrogens with one attached hydrogen (secondary N) is 1. The zero-order chi connectivity index (χ0) is 13.7. The molecule has 0 aromatic rings. The summed E-state index contributed by atoms with van der Waals surface area (Å²) in [7, 11) is 3.88. The van der Waals surface area contributed by atoms with E-state index < -0.39 is 11.9 Å². The topological polar surface area (TPSA) is 69.6 Å². The van der Waals surface area contributed by atoms with Gasteiger partial charge in [-0.25, -0.2) is 0 Å². The van der Waals surface area contributed by atoms with Crippen LogP contribution in [0.5, 0.6) is 0 Å². The van der Waals surface area contributed by atoms with Crippen LogP contribution in [-0.4, -0.2) is 49.1 Å². The Labute approximate surface area is 109 Å². The second-order valence-corrected chi connectivity index (χ2v) is 5.39. The van der Waals surface area contributed by atoms with E-state index in [2.05, 4.69) is 12.2 Å². The van der Waals surface area contributed by atoms with Crippen molar-refractivity contribution in [3.05, 3.63) is 0 Å². The summed E-state index contributed by atoms with van der Waals surface area (Å²) in [4.78, 5) is 25.2. The van der Waals surface area contributed by atoms with Crippen LogP contribution in [0.25, 0.3) is 0 Å². The lowest BCUT2D eigenvalue weighted by atomic mass is 9.95. The van der Waals surface area contributed by atoms with Crippen molar-refractivity contribution in [2.75, 3.05) is 27.2 Å². The van der Waals surface area contributed by atoms with Crippen LogP contribution in [0.2, 0.25) is 0 Å². The molecular formula is C13H24N2O3. The van der Waals surface area contributed by atoms with E-state index in [1.165, 1.54) is 0 Å². The molecule has 0 saturated heterocycles. The van der Waals surface area contributed by atoms with Gasteiger partial charge in [0.2, 0.25) is 5.91 Å². The lowest BCUT2D eigenvalue weighted by Gasteiger charge is -2.16. The van der Waals surface area contributed by atoms with Crippen molar-refractivity contribution in [2.45, 2.75) is 26.2 Å². The molecule has 3 atom stereocenters. The molecule has 0 aliphatic heterocycles. The Morgan fingerprint density at radius 2 is 1.89 bits per heavy atom. The molecule has 1 amide bonds. The predicted octanol–water partition coefficient (Wildman–Crippen LogP) is 0.801. The standard InChI is InChI=1S/C13H24N2O3/c1-4-9-7-10(11(8-9)13(17)18)12(16)14-5-6-15(2)3/h9-11H,4-8H2,1-3H3,(H,14,16)(H,17,18). The van der Waals surface area contributed by atoms with Gasteiger partial charge in [0.15, 0.2) is 0 Å². The van der Waals surface area contributed by atoms with Crippen molar-refractivity contribution in [3.63, 3.8) is 0 Å². The lowest BCUT2D eigenvalue weighted by Crippen LogP contribution is -2.38. The van der Waals surface area contributed by atoms with Crippen molar-refractivity contribution < 1.29 is 14.7 Å². The van der Waals surface area contributed by atoms with Gasteiger partial charge in [-0.1, -0.05) is 13.3 Å². The van der Waals surface area contributed by atoms with Gasteiger partial charge in [-0.2, -0.15) is 0 Å². The molecule has 104 valence electrons. The number of hydrogen-bond donors (Lipinski definition) is 2. The van der Waals surface area contributed by atoms with E-state index in [0.717, 1.165) is 13.0 Å². The third-order valence-electron chi connectivity index (χ3n) is 3.75. The van der Waals surface area contributed by atoms with Gasteiger partial charge in [0.25, 0.3) is 0 Å². The number of carboxylic acids is 1. The minimum Gasteiger partial charge on any atom is -0.481 e. The molecule has 1 fully saturated rings. The highest BCUT2D eigenvalue weighted by atomic mass is 16.4. The number of hydrogen-bond acceptors (Lipinski definition) is 3. The van der Waals surface area contributed by atoms with Gasteiger partial charge in [-0.3, -0.25) is 9.59 Å². The number of carbonyl (C=O) groups excluding carboxylic acids is 1. The minimum absolute atomic E-state index is 0.0970. The molecule has 0 bridgehead atoms. The van der Waals surface area contributed by atoms with Gasteiger partial charge in [-0.15, -0.1) is 0 Å². The average Bonchev–Trinajstić information content (AvgIpc) is 2.72. The Bertz CT molecular complexity index is 305. The first kappa shape index (κ1) is 15.0. The van der Waals surface area contributed by atoms with Gasteiger partial charge in [0.1, 0.15) is 0 Å². The lowest BCUT2D eigenvalue weighted by molar-refractivity contribution is -0.146. The zero-order valence-corrected chi connectivity index (χ0v) is 11.5. The van der Waals surface area contributed by atoms with Crippen molar-refractivity contribution in [2.24, 2.45) is 17.8 Å². The largest absolute Gasteiger partial charge is 0.481 e. The van der Waals surface area contributed by atoms with Gasteiger partial charge in [0.05, 0.1) is 11.8 Å². The summed E-state index contributed by atoms with van der Waals surface area (Å²) < 4.78 is 0. The Morgan fingerprint density at radius 1 is 1.28 bits per heavy atom. The smallest absolute Gasteiger partial charge is 0.307 e. The van der Waals surface area contributed by atoms with Crippen LogP contribution in [0.4, 0.5) is 0 Å². The zero-order valence-electron chi connectivity index (χ0n) is 11.5. The number of amides is 1. The van der Waals surface area contributed by atoms with E-state index in [1.807, 2.05) is 19.0 Å². The SMILES string of the molecule is CCC1CC(C(=O)O)C(C(=O)NCCN(C)C)C1. The van der Waals surface area contributed by atoms with Crippen molar-refractivity contribution in [1.29, 1.82) is 0 Å². The summed E-state index contributed by atoms with van der Waals surface area (Å²) in [6.07, 6.45) is 2.30. The molecule has 18 heavy (non-hydrogen) atoms. The highest BCUT2D eigenvalue weighted by Gasteiger charge is 2.41. The van der Waals surface area contributed by atoms with E-state index in [4.69, 9.17) is 0 Å². The van der Waals surface area contributed by atoms with Gasteiger partial charge in [-0.05, 0) is 32.9 Å². The average molecular weight is 256 g/mol. The third-order valence-corrected chi connectivity index (χ3v) is 3.75. The van der Waals surface area contributed by atoms with E-state index in [1.54, 1.807) is 0 Å². The number of carboxylic acid groups (broad SMARTS) is 1. The van der Waals surface area contributed by atoms with Crippen LogP contribution in [0.1, 0.15) is 26.2 Å². The Kier molecular flexibility index (Phi) is 5.59. The Hall–Kier alpha value is -1.10. The van der Waals surface area contributed by atoms with Crippen LogP contribution in [-0.2, 0) is 9.59 Å². The van der Waals surface area contributed by atoms with Gasteiger partial charge in [0, 0.05) is 13.1 Å². The van der Waals surface area contributed by atoms with Crippen LogP contribution < -0.4 is 5.32 Å². The second-order valence-electron chi connectivity index (χ2n) is 5.39. The van der Waals surface area contributed by atoms with E-state index >= 15 is 0 Å².